The maximum Gasteiger partial charge on any atom is 0.326 e. The highest BCUT2D eigenvalue weighted by Crippen LogP contribution is 2.28. The van der Waals surface area contributed by atoms with E-state index in [1.54, 1.807) is 12.1 Å². The van der Waals surface area contributed by atoms with Gasteiger partial charge in [0.15, 0.2) is 0 Å². The minimum Gasteiger partial charge on any atom is -0.480 e. The van der Waals surface area contributed by atoms with E-state index in [4.69, 9.17) is 0 Å². The van der Waals surface area contributed by atoms with Crippen LogP contribution in [0.5, 0.6) is 0 Å². The lowest BCUT2D eigenvalue weighted by Crippen LogP contribution is -2.46. The first-order valence-corrected chi connectivity index (χ1v) is 8.87. The van der Waals surface area contributed by atoms with Crippen LogP contribution < -0.4 is 10.6 Å². The lowest BCUT2D eigenvalue weighted by molar-refractivity contribution is -0.141. The average Bonchev–Trinajstić information content (AvgIpc) is 2.66. The van der Waals surface area contributed by atoms with E-state index < -0.39 is 17.9 Å². The van der Waals surface area contributed by atoms with Gasteiger partial charge in [0.2, 0.25) is 6.41 Å². The van der Waals surface area contributed by atoms with Crippen LogP contribution in [0.3, 0.4) is 0 Å². The van der Waals surface area contributed by atoms with Crippen LogP contribution in [0.1, 0.15) is 42.5 Å². The number of benzene rings is 2. The van der Waals surface area contributed by atoms with Crippen molar-refractivity contribution in [1.82, 2.24) is 5.32 Å². The van der Waals surface area contributed by atoms with Gasteiger partial charge in [0.25, 0.3) is 5.91 Å². The first kappa shape index (κ1) is 17.9. The molecule has 0 bridgehead atoms. The van der Waals surface area contributed by atoms with Gasteiger partial charge in [0.1, 0.15) is 6.04 Å². The highest BCUT2D eigenvalue weighted by atomic mass is 16.4. The summed E-state index contributed by atoms with van der Waals surface area (Å²) in [4.78, 5) is 35.4. The molecule has 0 radical (unpaired) electrons. The SMILES string of the molecule is O=CNc1cc2ccccc2cc1C(=O)NC(C(=O)O)C1CCCCC1. The number of hydrogen-bond donors (Lipinski definition) is 3. The summed E-state index contributed by atoms with van der Waals surface area (Å²) in [5.41, 5.74) is 0.627. The molecule has 0 heterocycles. The van der Waals surface area contributed by atoms with Crippen LogP contribution in [0.2, 0.25) is 0 Å². The number of carbonyl (C=O) groups excluding carboxylic acids is 2. The van der Waals surface area contributed by atoms with Gasteiger partial charge in [-0.1, -0.05) is 43.5 Å². The highest BCUT2D eigenvalue weighted by Gasteiger charge is 2.31. The molecule has 6 nitrogen and oxygen atoms in total. The number of fused-ring (bicyclic) bond motifs is 1. The fraction of sp³-hybridized carbons (Fsp3) is 0.350. The molecule has 26 heavy (non-hydrogen) atoms. The molecule has 2 aromatic carbocycles. The molecular formula is C20H22N2O4. The van der Waals surface area contributed by atoms with E-state index in [1.807, 2.05) is 24.3 Å². The van der Waals surface area contributed by atoms with Crippen molar-refractivity contribution in [3.63, 3.8) is 0 Å². The molecule has 1 aliphatic carbocycles. The Morgan fingerprint density at radius 2 is 1.73 bits per heavy atom. The van der Waals surface area contributed by atoms with Crippen LogP contribution in [-0.2, 0) is 9.59 Å². The summed E-state index contributed by atoms with van der Waals surface area (Å²) < 4.78 is 0. The van der Waals surface area contributed by atoms with Crippen molar-refractivity contribution in [2.45, 2.75) is 38.1 Å². The topological polar surface area (TPSA) is 95.5 Å². The summed E-state index contributed by atoms with van der Waals surface area (Å²) in [5.74, 6) is -1.57. The lowest BCUT2D eigenvalue weighted by atomic mass is 9.83. The molecule has 1 atom stereocenters. The lowest BCUT2D eigenvalue weighted by Gasteiger charge is -2.28. The number of rotatable bonds is 6. The molecule has 1 aliphatic rings. The predicted octanol–water partition coefficient (Wildman–Crippen LogP) is 3.17. The van der Waals surface area contributed by atoms with Gasteiger partial charge in [0.05, 0.1) is 11.3 Å². The molecule has 3 rings (SSSR count). The van der Waals surface area contributed by atoms with Gasteiger partial charge < -0.3 is 15.7 Å². The van der Waals surface area contributed by atoms with Crippen molar-refractivity contribution < 1.29 is 19.5 Å². The molecule has 1 saturated carbocycles. The van der Waals surface area contributed by atoms with E-state index in [-0.39, 0.29) is 11.5 Å². The normalized spacial score (nSPS) is 16.0. The first-order chi connectivity index (χ1) is 12.6. The number of carbonyl (C=O) groups is 3. The standard InChI is InChI=1S/C20H22N2O4/c23-12-21-17-11-15-9-5-4-8-14(15)10-16(17)19(24)22-18(20(25)26)13-6-2-1-3-7-13/h4-5,8-13,18H,1-3,6-7H2,(H,21,23)(H,22,24)(H,25,26). The minimum atomic E-state index is -1.02. The molecule has 3 N–H and O–H groups in total. The smallest absolute Gasteiger partial charge is 0.326 e. The molecule has 1 fully saturated rings. The molecule has 2 aromatic rings. The zero-order valence-electron chi connectivity index (χ0n) is 14.4. The van der Waals surface area contributed by atoms with E-state index in [0.29, 0.717) is 12.1 Å². The van der Waals surface area contributed by atoms with Crippen LogP contribution in [0, 0.1) is 5.92 Å². The summed E-state index contributed by atoms with van der Waals surface area (Å²) in [6.45, 7) is 0. The van der Waals surface area contributed by atoms with Crippen LogP contribution in [0.25, 0.3) is 10.8 Å². The first-order valence-electron chi connectivity index (χ1n) is 8.87. The summed E-state index contributed by atoms with van der Waals surface area (Å²) in [6, 6.07) is 9.96. The van der Waals surface area contributed by atoms with Crippen molar-refractivity contribution in [1.29, 1.82) is 0 Å². The summed E-state index contributed by atoms with van der Waals surface area (Å²) >= 11 is 0. The van der Waals surface area contributed by atoms with Crippen molar-refractivity contribution in [2.75, 3.05) is 5.32 Å². The van der Waals surface area contributed by atoms with Gasteiger partial charge in [-0.3, -0.25) is 9.59 Å². The molecule has 1 unspecified atom stereocenters. The summed E-state index contributed by atoms with van der Waals surface area (Å²) in [6.07, 6.45) is 5.19. The van der Waals surface area contributed by atoms with Gasteiger partial charge in [-0.25, -0.2) is 4.79 Å². The Kier molecular flexibility index (Phi) is 5.51. The van der Waals surface area contributed by atoms with E-state index in [1.165, 1.54) is 0 Å². The minimum absolute atomic E-state index is 0.0619. The average molecular weight is 354 g/mol. The maximum absolute atomic E-state index is 12.8. The van der Waals surface area contributed by atoms with Gasteiger partial charge >= 0.3 is 5.97 Å². The third-order valence-corrected chi connectivity index (χ3v) is 5.02. The number of hydrogen-bond acceptors (Lipinski definition) is 3. The van der Waals surface area contributed by atoms with Crippen LogP contribution >= 0.6 is 0 Å². The van der Waals surface area contributed by atoms with Gasteiger partial charge in [0, 0.05) is 0 Å². The van der Waals surface area contributed by atoms with Gasteiger partial charge in [-0.05, 0) is 41.7 Å². The number of carboxylic acid groups (broad SMARTS) is 1. The van der Waals surface area contributed by atoms with Crippen molar-refractivity contribution in [3.8, 4) is 0 Å². The molecule has 2 amide bonds. The van der Waals surface area contributed by atoms with Crippen LogP contribution in [-0.4, -0.2) is 29.4 Å². The Morgan fingerprint density at radius 3 is 2.35 bits per heavy atom. The number of aliphatic carboxylic acids is 1. The second-order valence-corrected chi connectivity index (χ2v) is 6.69. The third kappa shape index (κ3) is 3.85. The summed E-state index contributed by atoms with van der Waals surface area (Å²) in [7, 11) is 0. The third-order valence-electron chi connectivity index (χ3n) is 5.02. The van der Waals surface area contributed by atoms with Crippen LogP contribution in [0.4, 0.5) is 5.69 Å². The quantitative estimate of drug-likeness (QED) is 0.694. The van der Waals surface area contributed by atoms with E-state index in [0.717, 1.165) is 42.9 Å². The zero-order valence-corrected chi connectivity index (χ0v) is 14.4. The van der Waals surface area contributed by atoms with Crippen molar-refractivity contribution in [3.05, 3.63) is 42.0 Å². The fourth-order valence-electron chi connectivity index (χ4n) is 3.68. The van der Waals surface area contributed by atoms with Crippen molar-refractivity contribution in [2.24, 2.45) is 5.92 Å². The number of amides is 2. The molecule has 0 saturated heterocycles. The van der Waals surface area contributed by atoms with E-state index in [9.17, 15) is 19.5 Å². The molecule has 0 spiro atoms. The predicted molar refractivity (Wildman–Crippen MR) is 99.1 cm³/mol. The maximum atomic E-state index is 12.8. The van der Waals surface area contributed by atoms with E-state index >= 15 is 0 Å². The van der Waals surface area contributed by atoms with Gasteiger partial charge in [-0.2, -0.15) is 0 Å². The molecule has 0 aromatic heterocycles. The Hall–Kier alpha value is -2.89. The monoisotopic (exact) mass is 354 g/mol. The fourth-order valence-corrected chi connectivity index (χ4v) is 3.68. The Morgan fingerprint density at radius 1 is 1.08 bits per heavy atom. The van der Waals surface area contributed by atoms with E-state index in [2.05, 4.69) is 10.6 Å². The Balaban J connectivity index is 1.90. The second kappa shape index (κ2) is 7.99. The molecular weight excluding hydrogens is 332 g/mol. The summed E-state index contributed by atoms with van der Waals surface area (Å²) in [5, 5.41) is 16.5. The van der Waals surface area contributed by atoms with Crippen molar-refractivity contribution >= 4 is 34.7 Å². The van der Waals surface area contributed by atoms with Crippen LogP contribution in [0.15, 0.2) is 36.4 Å². The number of carboxylic acids is 1. The highest BCUT2D eigenvalue weighted by molar-refractivity contribution is 6.06. The zero-order chi connectivity index (χ0) is 18.5. The number of nitrogens with one attached hydrogen (secondary N) is 2. The number of anilines is 1. The molecule has 136 valence electrons. The molecule has 0 aliphatic heterocycles. The Labute approximate surface area is 151 Å². The molecule has 6 heteroatoms. The largest absolute Gasteiger partial charge is 0.480 e. The van der Waals surface area contributed by atoms with Gasteiger partial charge in [-0.15, -0.1) is 0 Å². The second-order valence-electron chi connectivity index (χ2n) is 6.69. The Bertz CT molecular complexity index is 828.